The SMILES string of the molecule is CC(C)C(C#N)C#N. The maximum absolute atomic E-state index is 8.22. The highest BCUT2D eigenvalue weighted by Gasteiger charge is 2.08. The molecule has 2 heteroatoms. The van der Waals surface area contributed by atoms with Crippen molar-refractivity contribution in [3.63, 3.8) is 0 Å². The Morgan fingerprint density at radius 3 is 1.50 bits per heavy atom. The monoisotopic (exact) mass is 108 g/mol. The van der Waals surface area contributed by atoms with Gasteiger partial charge in [-0.05, 0) is 5.92 Å². The fraction of sp³-hybridized carbons (Fsp3) is 0.667. The van der Waals surface area contributed by atoms with Crippen LogP contribution in [0.15, 0.2) is 0 Å². The van der Waals surface area contributed by atoms with Gasteiger partial charge >= 0.3 is 0 Å². The molecule has 0 amide bonds. The molecule has 0 fully saturated rings. The van der Waals surface area contributed by atoms with Crippen molar-refractivity contribution in [2.75, 3.05) is 0 Å². The summed E-state index contributed by atoms with van der Waals surface area (Å²) in [5.41, 5.74) is 0. The first-order chi connectivity index (χ1) is 3.72. The lowest BCUT2D eigenvalue weighted by Gasteiger charge is -1.99. The quantitative estimate of drug-likeness (QED) is 0.508. The molecule has 0 spiro atoms. The summed E-state index contributed by atoms with van der Waals surface area (Å²) >= 11 is 0. The molecular weight excluding hydrogens is 100 g/mol. The topological polar surface area (TPSA) is 47.6 Å². The zero-order valence-electron chi connectivity index (χ0n) is 5.05. The van der Waals surface area contributed by atoms with Crippen LogP contribution in [-0.4, -0.2) is 0 Å². The van der Waals surface area contributed by atoms with E-state index in [0.717, 1.165) is 0 Å². The summed E-state index contributed by atoms with van der Waals surface area (Å²) in [4.78, 5) is 0. The lowest BCUT2D eigenvalue weighted by molar-refractivity contribution is 0.570. The Kier molecular flexibility index (Phi) is 2.66. The molecule has 0 unspecified atom stereocenters. The molecule has 0 rings (SSSR count). The highest BCUT2D eigenvalue weighted by atomic mass is 14.3. The van der Waals surface area contributed by atoms with Crippen molar-refractivity contribution in [2.24, 2.45) is 11.8 Å². The molecule has 0 atom stereocenters. The van der Waals surface area contributed by atoms with Crippen molar-refractivity contribution >= 4 is 0 Å². The van der Waals surface area contributed by atoms with E-state index in [-0.39, 0.29) is 5.92 Å². The van der Waals surface area contributed by atoms with E-state index in [1.807, 2.05) is 26.0 Å². The fourth-order valence-electron chi connectivity index (χ4n) is 0.327. The molecule has 0 aliphatic heterocycles. The van der Waals surface area contributed by atoms with E-state index in [2.05, 4.69) is 0 Å². The Labute approximate surface area is 49.3 Å². The van der Waals surface area contributed by atoms with E-state index < -0.39 is 5.92 Å². The van der Waals surface area contributed by atoms with Crippen LogP contribution in [0.5, 0.6) is 0 Å². The summed E-state index contributed by atoms with van der Waals surface area (Å²) in [6.07, 6.45) is 0. The third-order valence-corrected chi connectivity index (χ3v) is 0.945. The van der Waals surface area contributed by atoms with Gasteiger partial charge in [-0.25, -0.2) is 0 Å². The third kappa shape index (κ3) is 1.62. The molecule has 0 saturated carbocycles. The summed E-state index contributed by atoms with van der Waals surface area (Å²) < 4.78 is 0. The van der Waals surface area contributed by atoms with Crippen LogP contribution in [-0.2, 0) is 0 Å². The van der Waals surface area contributed by atoms with Crippen molar-refractivity contribution in [3.05, 3.63) is 0 Å². The third-order valence-electron chi connectivity index (χ3n) is 0.945. The average Bonchev–Trinajstić information content (AvgIpc) is 1.69. The number of hydrogen-bond donors (Lipinski definition) is 0. The highest BCUT2D eigenvalue weighted by molar-refractivity contribution is 5.00. The standard InChI is InChI=1S/C6H8N2/c1-5(2)6(3-7)4-8/h5-6H,1-2H3. The van der Waals surface area contributed by atoms with Gasteiger partial charge < -0.3 is 0 Å². The van der Waals surface area contributed by atoms with E-state index in [1.165, 1.54) is 0 Å². The molecule has 0 aromatic rings. The summed E-state index contributed by atoms with van der Waals surface area (Å²) in [7, 11) is 0. The van der Waals surface area contributed by atoms with Gasteiger partial charge in [-0.15, -0.1) is 0 Å². The van der Waals surface area contributed by atoms with Crippen molar-refractivity contribution in [1.82, 2.24) is 0 Å². The number of rotatable bonds is 1. The Morgan fingerprint density at radius 1 is 1.12 bits per heavy atom. The van der Waals surface area contributed by atoms with Crippen LogP contribution in [0.4, 0.5) is 0 Å². The summed E-state index contributed by atoms with van der Waals surface area (Å²) in [6.45, 7) is 3.72. The molecule has 0 aliphatic rings. The van der Waals surface area contributed by atoms with Crippen molar-refractivity contribution in [2.45, 2.75) is 13.8 Å². The molecule has 0 aromatic carbocycles. The Hall–Kier alpha value is -1.02. The maximum Gasteiger partial charge on any atom is 0.135 e. The Balaban J connectivity index is 3.81. The number of nitrogens with zero attached hydrogens (tertiary/aromatic N) is 2. The van der Waals surface area contributed by atoms with Crippen molar-refractivity contribution < 1.29 is 0 Å². The van der Waals surface area contributed by atoms with Gasteiger partial charge in [0.25, 0.3) is 0 Å². The molecule has 0 heterocycles. The van der Waals surface area contributed by atoms with Crippen LogP contribution in [0.25, 0.3) is 0 Å². The smallest absolute Gasteiger partial charge is 0.135 e. The second-order valence-electron chi connectivity index (χ2n) is 1.98. The van der Waals surface area contributed by atoms with Crippen molar-refractivity contribution in [1.29, 1.82) is 10.5 Å². The molecule has 8 heavy (non-hydrogen) atoms. The maximum atomic E-state index is 8.22. The minimum atomic E-state index is -0.435. The minimum absolute atomic E-state index is 0.157. The lowest BCUT2D eigenvalue weighted by Crippen LogP contribution is -2.01. The van der Waals surface area contributed by atoms with Crippen LogP contribution in [0, 0.1) is 34.5 Å². The van der Waals surface area contributed by atoms with Crippen LogP contribution >= 0.6 is 0 Å². The Morgan fingerprint density at radius 2 is 1.50 bits per heavy atom. The van der Waals surface area contributed by atoms with Gasteiger partial charge in [-0.2, -0.15) is 10.5 Å². The van der Waals surface area contributed by atoms with Gasteiger partial charge in [-0.3, -0.25) is 0 Å². The van der Waals surface area contributed by atoms with Gasteiger partial charge in [0.1, 0.15) is 5.92 Å². The predicted octanol–water partition coefficient (Wildman–Crippen LogP) is 1.31. The van der Waals surface area contributed by atoms with Gasteiger partial charge in [0.2, 0.25) is 0 Å². The second-order valence-corrected chi connectivity index (χ2v) is 1.98. The molecule has 0 saturated heterocycles. The number of hydrogen-bond acceptors (Lipinski definition) is 2. The largest absolute Gasteiger partial charge is 0.197 e. The number of nitriles is 2. The van der Waals surface area contributed by atoms with Gasteiger partial charge in [0.05, 0.1) is 12.1 Å². The van der Waals surface area contributed by atoms with E-state index in [0.29, 0.717) is 0 Å². The normalized spacial score (nSPS) is 8.75. The predicted molar refractivity (Wildman–Crippen MR) is 29.6 cm³/mol. The molecule has 2 nitrogen and oxygen atoms in total. The van der Waals surface area contributed by atoms with Gasteiger partial charge in [0.15, 0.2) is 0 Å². The Bertz CT molecular complexity index is 122. The lowest BCUT2D eigenvalue weighted by atomic mass is 10.00. The fourth-order valence-corrected chi connectivity index (χ4v) is 0.327. The van der Waals surface area contributed by atoms with E-state index in [1.54, 1.807) is 0 Å². The van der Waals surface area contributed by atoms with E-state index in [9.17, 15) is 0 Å². The van der Waals surface area contributed by atoms with Crippen molar-refractivity contribution in [3.8, 4) is 12.1 Å². The van der Waals surface area contributed by atoms with E-state index >= 15 is 0 Å². The minimum Gasteiger partial charge on any atom is -0.197 e. The van der Waals surface area contributed by atoms with Gasteiger partial charge in [0, 0.05) is 0 Å². The summed E-state index contributed by atoms with van der Waals surface area (Å²) in [5.74, 6) is -0.278. The highest BCUT2D eigenvalue weighted by Crippen LogP contribution is 2.06. The zero-order valence-corrected chi connectivity index (χ0v) is 5.05. The van der Waals surface area contributed by atoms with Crippen LogP contribution < -0.4 is 0 Å². The molecule has 0 aromatic heterocycles. The molecule has 0 radical (unpaired) electrons. The van der Waals surface area contributed by atoms with Crippen LogP contribution in [0.3, 0.4) is 0 Å². The second kappa shape index (κ2) is 3.04. The average molecular weight is 108 g/mol. The zero-order chi connectivity index (χ0) is 6.57. The molecule has 0 aliphatic carbocycles. The molecule has 0 bridgehead atoms. The van der Waals surface area contributed by atoms with Gasteiger partial charge in [-0.1, -0.05) is 13.8 Å². The molecule has 42 valence electrons. The summed E-state index contributed by atoms with van der Waals surface area (Å²) in [5, 5.41) is 16.4. The summed E-state index contributed by atoms with van der Waals surface area (Å²) in [6, 6.07) is 3.78. The molecular formula is C6H8N2. The van der Waals surface area contributed by atoms with E-state index in [4.69, 9.17) is 10.5 Å². The van der Waals surface area contributed by atoms with Crippen LogP contribution in [0.1, 0.15) is 13.8 Å². The molecule has 0 N–H and O–H groups in total. The first-order valence-corrected chi connectivity index (χ1v) is 2.51. The van der Waals surface area contributed by atoms with Crippen LogP contribution in [0.2, 0.25) is 0 Å². The first-order valence-electron chi connectivity index (χ1n) is 2.51. The first kappa shape index (κ1) is 6.98.